The minimum absolute atomic E-state index is 0.0275. The van der Waals surface area contributed by atoms with Crippen molar-refractivity contribution in [2.45, 2.75) is 31.7 Å². The van der Waals surface area contributed by atoms with E-state index in [-0.39, 0.29) is 11.9 Å². The van der Waals surface area contributed by atoms with Crippen molar-refractivity contribution in [2.75, 3.05) is 0 Å². The second kappa shape index (κ2) is 6.20. The second-order valence-electron chi connectivity index (χ2n) is 6.11. The highest BCUT2D eigenvalue weighted by Crippen LogP contribution is 2.43. The minimum Gasteiger partial charge on any atom is -0.345 e. The zero-order valence-corrected chi connectivity index (χ0v) is 14.2. The van der Waals surface area contributed by atoms with Gasteiger partial charge >= 0.3 is 0 Å². The molecule has 2 aromatic heterocycles. The summed E-state index contributed by atoms with van der Waals surface area (Å²) < 4.78 is 1.71. The lowest BCUT2D eigenvalue weighted by Crippen LogP contribution is -2.26. The van der Waals surface area contributed by atoms with Crippen molar-refractivity contribution >= 4 is 17.2 Å². The van der Waals surface area contributed by atoms with Gasteiger partial charge in [0.15, 0.2) is 0 Å². The predicted octanol–water partition coefficient (Wildman–Crippen LogP) is 3.70. The zero-order chi connectivity index (χ0) is 16.5. The average Bonchev–Trinajstić information content (AvgIpc) is 3.11. The fraction of sp³-hybridized carbons (Fsp3) is 0.278. The van der Waals surface area contributed by atoms with Crippen LogP contribution >= 0.6 is 11.3 Å². The Labute approximate surface area is 144 Å². The van der Waals surface area contributed by atoms with Gasteiger partial charge in [0.05, 0.1) is 16.6 Å². The molecule has 0 spiro atoms. The van der Waals surface area contributed by atoms with Gasteiger partial charge < -0.3 is 5.32 Å². The van der Waals surface area contributed by atoms with E-state index in [1.165, 1.54) is 36.1 Å². The Hall–Kier alpha value is -2.47. The van der Waals surface area contributed by atoms with Crippen LogP contribution in [0, 0.1) is 0 Å². The number of hydrogen-bond donors (Lipinski definition) is 1. The first-order chi connectivity index (χ1) is 11.7. The van der Waals surface area contributed by atoms with E-state index in [4.69, 9.17) is 0 Å². The number of rotatable bonds is 5. The van der Waals surface area contributed by atoms with E-state index in [1.807, 2.05) is 36.6 Å². The normalized spacial score (nSPS) is 15.2. The van der Waals surface area contributed by atoms with Crippen LogP contribution in [0.4, 0.5) is 0 Å². The molecule has 1 atom stereocenters. The SMILES string of the molecule is CC(NC(=O)c1sccc1C1CC1)c1ccc(-n2cncn2)cc1. The average molecular weight is 338 g/mol. The molecule has 0 saturated heterocycles. The Kier molecular flexibility index (Phi) is 3.90. The number of nitrogens with one attached hydrogen (secondary N) is 1. The van der Waals surface area contributed by atoms with Gasteiger partial charge in [0.2, 0.25) is 0 Å². The smallest absolute Gasteiger partial charge is 0.262 e. The minimum atomic E-state index is -0.0450. The van der Waals surface area contributed by atoms with Crippen molar-refractivity contribution < 1.29 is 4.79 Å². The van der Waals surface area contributed by atoms with Crippen molar-refractivity contribution in [3.63, 3.8) is 0 Å². The molecule has 1 N–H and O–H groups in total. The van der Waals surface area contributed by atoms with E-state index in [9.17, 15) is 4.79 Å². The maximum absolute atomic E-state index is 12.6. The lowest BCUT2D eigenvalue weighted by atomic mass is 10.1. The Morgan fingerprint density at radius 2 is 2.08 bits per heavy atom. The van der Waals surface area contributed by atoms with Crippen molar-refractivity contribution in [3.8, 4) is 5.69 Å². The first-order valence-electron chi connectivity index (χ1n) is 8.05. The molecule has 3 aromatic rings. The number of benzene rings is 1. The molecule has 1 fully saturated rings. The van der Waals surface area contributed by atoms with E-state index in [0.717, 1.165) is 16.1 Å². The molecule has 1 aliphatic carbocycles. The second-order valence-corrected chi connectivity index (χ2v) is 7.02. The first-order valence-corrected chi connectivity index (χ1v) is 8.93. The number of aromatic nitrogens is 3. The first kappa shape index (κ1) is 15.1. The summed E-state index contributed by atoms with van der Waals surface area (Å²) in [7, 11) is 0. The molecular weight excluding hydrogens is 320 g/mol. The van der Waals surface area contributed by atoms with Crippen LogP contribution in [0.15, 0.2) is 48.4 Å². The number of carbonyl (C=O) groups excluding carboxylic acids is 1. The largest absolute Gasteiger partial charge is 0.345 e. The van der Waals surface area contributed by atoms with Crippen LogP contribution in [0.25, 0.3) is 5.69 Å². The number of hydrogen-bond acceptors (Lipinski definition) is 4. The maximum atomic E-state index is 12.6. The van der Waals surface area contributed by atoms with Crippen molar-refractivity contribution in [1.29, 1.82) is 0 Å². The van der Waals surface area contributed by atoms with E-state index >= 15 is 0 Å². The summed E-state index contributed by atoms with van der Waals surface area (Å²) in [6, 6.07) is 10.0. The molecule has 4 rings (SSSR count). The third-order valence-corrected chi connectivity index (χ3v) is 5.27. The van der Waals surface area contributed by atoms with Gasteiger partial charge in [-0.1, -0.05) is 12.1 Å². The Balaban J connectivity index is 1.46. The van der Waals surface area contributed by atoms with Gasteiger partial charge in [-0.15, -0.1) is 11.3 Å². The summed E-state index contributed by atoms with van der Waals surface area (Å²) in [6.45, 7) is 2.01. The van der Waals surface area contributed by atoms with Crippen molar-refractivity contribution in [3.05, 3.63) is 64.4 Å². The third-order valence-electron chi connectivity index (χ3n) is 4.34. The van der Waals surface area contributed by atoms with Crippen LogP contribution < -0.4 is 5.32 Å². The molecule has 122 valence electrons. The van der Waals surface area contributed by atoms with Crippen LogP contribution in [0.1, 0.15) is 52.5 Å². The topological polar surface area (TPSA) is 59.8 Å². The molecule has 2 heterocycles. The highest BCUT2D eigenvalue weighted by molar-refractivity contribution is 7.12. The van der Waals surface area contributed by atoms with Crippen LogP contribution in [-0.2, 0) is 0 Å². The molecule has 0 radical (unpaired) electrons. The Morgan fingerprint density at radius 1 is 1.29 bits per heavy atom. The predicted molar refractivity (Wildman–Crippen MR) is 93.5 cm³/mol. The van der Waals surface area contributed by atoms with Crippen molar-refractivity contribution in [1.82, 2.24) is 20.1 Å². The fourth-order valence-corrected chi connectivity index (χ4v) is 3.71. The van der Waals surface area contributed by atoms with Crippen LogP contribution in [0.3, 0.4) is 0 Å². The number of thiophene rings is 1. The molecule has 0 aliphatic heterocycles. The Morgan fingerprint density at radius 3 is 2.75 bits per heavy atom. The van der Waals surface area contributed by atoms with Gasteiger partial charge in [0, 0.05) is 0 Å². The van der Waals surface area contributed by atoms with Crippen molar-refractivity contribution in [2.24, 2.45) is 0 Å². The van der Waals surface area contributed by atoms with Crippen LogP contribution in [0.5, 0.6) is 0 Å². The summed E-state index contributed by atoms with van der Waals surface area (Å²) in [5.74, 6) is 0.619. The number of nitrogens with zero attached hydrogens (tertiary/aromatic N) is 3. The van der Waals surface area contributed by atoms with Gasteiger partial charge in [0.1, 0.15) is 12.7 Å². The molecule has 6 heteroatoms. The van der Waals surface area contributed by atoms with Crippen LogP contribution in [0.2, 0.25) is 0 Å². The van der Waals surface area contributed by atoms with E-state index in [0.29, 0.717) is 5.92 Å². The monoisotopic (exact) mass is 338 g/mol. The summed E-state index contributed by atoms with van der Waals surface area (Å²) in [5.41, 5.74) is 3.23. The summed E-state index contributed by atoms with van der Waals surface area (Å²) >= 11 is 1.53. The highest BCUT2D eigenvalue weighted by Gasteiger charge is 2.29. The van der Waals surface area contributed by atoms with Gasteiger partial charge in [0.25, 0.3) is 5.91 Å². The molecule has 1 aliphatic rings. The van der Waals surface area contributed by atoms with Gasteiger partial charge in [-0.3, -0.25) is 4.79 Å². The van der Waals surface area contributed by atoms with E-state index < -0.39 is 0 Å². The zero-order valence-electron chi connectivity index (χ0n) is 13.3. The van der Waals surface area contributed by atoms with Gasteiger partial charge in [-0.05, 0) is 60.4 Å². The molecular formula is C18H18N4OS. The van der Waals surface area contributed by atoms with E-state index in [1.54, 1.807) is 11.0 Å². The van der Waals surface area contributed by atoms with Gasteiger partial charge in [-0.2, -0.15) is 5.10 Å². The molecule has 1 unspecified atom stereocenters. The molecule has 0 bridgehead atoms. The quantitative estimate of drug-likeness (QED) is 0.772. The molecule has 1 saturated carbocycles. The summed E-state index contributed by atoms with van der Waals surface area (Å²) in [6.07, 6.45) is 5.58. The highest BCUT2D eigenvalue weighted by atomic mass is 32.1. The summed E-state index contributed by atoms with van der Waals surface area (Å²) in [5, 5.41) is 9.24. The summed E-state index contributed by atoms with van der Waals surface area (Å²) in [4.78, 5) is 17.4. The lowest BCUT2D eigenvalue weighted by Gasteiger charge is -2.15. The Bertz CT molecular complexity index is 834. The standard InChI is InChI=1S/C18H18N4OS/c1-12(13-4-6-15(7-5-13)22-11-19-10-20-22)21-18(23)17-16(8-9-24-17)14-2-3-14/h4-12,14H,2-3H2,1H3,(H,21,23). The molecule has 1 aromatic carbocycles. The maximum Gasteiger partial charge on any atom is 0.262 e. The molecule has 1 amide bonds. The lowest BCUT2D eigenvalue weighted by molar-refractivity contribution is 0.0943. The van der Waals surface area contributed by atoms with Crippen LogP contribution in [-0.4, -0.2) is 20.7 Å². The van der Waals surface area contributed by atoms with E-state index in [2.05, 4.69) is 21.5 Å². The molecule has 24 heavy (non-hydrogen) atoms. The third kappa shape index (κ3) is 2.97. The number of amides is 1. The molecule has 5 nitrogen and oxygen atoms in total. The van der Waals surface area contributed by atoms with Gasteiger partial charge in [-0.25, -0.2) is 9.67 Å². The fourth-order valence-electron chi connectivity index (χ4n) is 2.82. The number of carbonyl (C=O) groups is 1.